The zero-order valence-corrected chi connectivity index (χ0v) is 52.9. The Balaban J connectivity index is 1.52. The van der Waals surface area contributed by atoms with E-state index < -0.39 is 225 Å². The van der Waals surface area contributed by atoms with Crippen LogP contribution in [0.5, 0.6) is 0 Å². The number of carbonyl (C=O) groups excluding carboxylic acids is 10. The van der Waals surface area contributed by atoms with Crippen molar-refractivity contribution in [1.29, 1.82) is 0 Å². The fraction of sp³-hybridized carbons (Fsp3) is 0.639. The highest BCUT2D eigenvalue weighted by Crippen LogP contribution is 2.28. The molecular weight excluding hydrogens is 1240 g/mol. The number of benzene rings is 1. The number of nitrogens with two attached hydrogens (primary N) is 1. The smallest absolute Gasteiger partial charge is 0.326 e. The van der Waals surface area contributed by atoms with Crippen LogP contribution in [0.4, 0.5) is 5.69 Å². The van der Waals surface area contributed by atoms with Crippen LogP contribution in [-0.2, 0) is 83.1 Å². The van der Waals surface area contributed by atoms with Gasteiger partial charge in [0.25, 0.3) is 0 Å². The van der Waals surface area contributed by atoms with Gasteiger partial charge in [-0.15, -0.1) is 0 Å². The van der Waals surface area contributed by atoms with Crippen LogP contribution < -0.4 is 48.3 Å². The summed E-state index contributed by atoms with van der Waals surface area (Å²) in [5, 5.41) is 76.6. The summed E-state index contributed by atoms with van der Waals surface area (Å²) in [7, 11) is 0. The number of hydrogen-bond acceptors (Lipinski definition) is 17. The molecule has 0 bridgehead atoms. The van der Waals surface area contributed by atoms with Gasteiger partial charge in [-0.25, -0.2) is 4.79 Å². The predicted molar refractivity (Wildman–Crippen MR) is 328 cm³/mol. The highest BCUT2D eigenvalue weighted by Gasteiger charge is 2.44. The number of carboxylic acid groups (broad SMARTS) is 6. The zero-order valence-electron chi connectivity index (χ0n) is 52.9. The van der Waals surface area contributed by atoms with Crippen molar-refractivity contribution in [3.05, 3.63) is 29.8 Å². The van der Waals surface area contributed by atoms with Gasteiger partial charge in [0.05, 0.1) is 6.42 Å². The van der Waals surface area contributed by atoms with Crippen molar-refractivity contribution in [3.8, 4) is 0 Å². The maximum Gasteiger partial charge on any atom is 0.326 e. The molecule has 1 aromatic rings. The number of amides is 10. The minimum atomic E-state index is -1.75. The quantitative estimate of drug-likeness (QED) is 0.0356. The lowest BCUT2D eigenvalue weighted by atomic mass is 9.84. The van der Waals surface area contributed by atoms with Gasteiger partial charge >= 0.3 is 35.8 Å². The van der Waals surface area contributed by atoms with Crippen molar-refractivity contribution in [2.75, 3.05) is 18.8 Å². The largest absolute Gasteiger partial charge is 0.481 e. The van der Waals surface area contributed by atoms with Crippen molar-refractivity contribution in [1.82, 2.24) is 52.3 Å². The average molecular weight is 1330 g/mol. The Morgan fingerprint density at radius 3 is 1.41 bits per heavy atom. The Morgan fingerprint density at radius 2 is 0.894 bits per heavy atom. The Morgan fingerprint density at radius 1 is 0.457 bits per heavy atom. The molecule has 1 aromatic carbocycles. The van der Waals surface area contributed by atoms with Crippen molar-refractivity contribution < 1.29 is 107 Å². The molecule has 2 heterocycles. The summed E-state index contributed by atoms with van der Waals surface area (Å²) >= 11 is 0. The van der Waals surface area contributed by atoms with E-state index in [2.05, 4.69) is 42.5 Å². The van der Waals surface area contributed by atoms with Gasteiger partial charge in [0.15, 0.2) is 0 Å². The molecule has 33 nitrogen and oxygen atoms in total. The number of aliphatic carboxylic acids is 6. The molecular formula is C61H89N11O22. The maximum atomic E-state index is 14.7. The van der Waals surface area contributed by atoms with E-state index in [1.165, 1.54) is 19.1 Å². The third kappa shape index (κ3) is 25.2. The van der Waals surface area contributed by atoms with Crippen LogP contribution >= 0.6 is 0 Å². The lowest BCUT2D eigenvalue weighted by Crippen LogP contribution is -2.61. The molecule has 520 valence electrons. The summed E-state index contributed by atoms with van der Waals surface area (Å²) in [6.45, 7) is 4.47. The number of carboxylic acids is 6. The summed E-state index contributed by atoms with van der Waals surface area (Å²) in [5.41, 5.74) is 6.71. The minimum Gasteiger partial charge on any atom is -0.481 e. The normalized spacial score (nSPS) is 18.3. The van der Waals surface area contributed by atoms with E-state index in [1.54, 1.807) is 26.0 Å². The first kappa shape index (κ1) is 77.0. The number of anilines is 1. The molecule has 0 unspecified atom stereocenters. The summed E-state index contributed by atoms with van der Waals surface area (Å²) in [5.74, 6) is -18.3. The molecule has 0 spiro atoms. The SMILES string of the molecule is CC[C@H](C)[C@H](NC(=O)[C@@H]1CCCN1C(=O)[C@H](CCC(=O)O)NC(=O)[C@H](Cc1ccc(N)cc1)NC(=O)CCC(=O)O)C(=O)N1CCC[C@H]1C(=O)N[C@@H](CCC(=O)O)C(=O)N[C@@H](CCC(=O)O)C(=O)N[C@@H](C)C(=O)N[C@@H](CC1CCCCC1)C(=O)N[C@H](CCC(=O)O)C(=O)O. The van der Waals surface area contributed by atoms with Crippen LogP contribution in [0.3, 0.4) is 0 Å². The monoisotopic (exact) mass is 1330 g/mol. The average Bonchev–Trinajstić information content (AvgIpc) is 1.60. The molecule has 1 aliphatic carbocycles. The van der Waals surface area contributed by atoms with Gasteiger partial charge in [-0.05, 0) is 94.2 Å². The Hall–Kier alpha value is -9.46. The summed E-state index contributed by atoms with van der Waals surface area (Å²) in [6, 6.07) is -8.69. The highest BCUT2D eigenvalue weighted by molar-refractivity contribution is 5.99. The molecule has 4 rings (SSSR count). The molecule has 2 saturated heterocycles. The molecule has 1 saturated carbocycles. The third-order valence-corrected chi connectivity index (χ3v) is 16.9. The first-order chi connectivity index (χ1) is 44.4. The molecule has 2 aliphatic heterocycles. The lowest BCUT2D eigenvalue weighted by Gasteiger charge is -2.34. The van der Waals surface area contributed by atoms with Crippen LogP contribution in [0.1, 0.15) is 161 Å². The molecule has 3 aliphatic rings. The predicted octanol–water partition coefficient (Wildman–Crippen LogP) is -0.883. The number of rotatable bonds is 39. The molecule has 94 heavy (non-hydrogen) atoms. The number of hydrogen-bond donors (Lipinski definition) is 15. The second kappa shape index (κ2) is 37.9. The lowest BCUT2D eigenvalue weighted by molar-refractivity contribution is -0.146. The third-order valence-electron chi connectivity index (χ3n) is 16.9. The van der Waals surface area contributed by atoms with Crippen molar-refractivity contribution in [2.24, 2.45) is 11.8 Å². The second-order valence-electron chi connectivity index (χ2n) is 24.1. The zero-order chi connectivity index (χ0) is 69.9. The van der Waals surface area contributed by atoms with E-state index >= 15 is 0 Å². The number of likely N-dealkylation sites (tertiary alicyclic amines) is 2. The van der Waals surface area contributed by atoms with Crippen LogP contribution in [0.2, 0.25) is 0 Å². The van der Waals surface area contributed by atoms with E-state index in [4.69, 9.17) is 15.9 Å². The molecule has 11 atom stereocenters. The van der Waals surface area contributed by atoms with E-state index in [0.717, 1.165) is 29.1 Å². The first-order valence-corrected chi connectivity index (χ1v) is 31.6. The second-order valence-corrected chi connectivity index (χ2v) is 24.1. The van der Waals surface area contributed by atoms with Crippen molar-refractivity contribution >= 4 is 101 Å². The van der Waals surface area contributed by atoms with Gasteiger partial charge in [0.1, 0.15) is 60.4 Å². The van der Waals surface area contributed by atoms with Crippen molar-refractivity contribution in [2.45, 2.75) is 222 Å². The maximum absolute atomic E-state index is 14.7. The summed E-state index contributed by atoms with van der Waals surface area (Å²) < 4.78 is 0. The molecule has 16 N–H and O–H groups in total. The molecule has 0 aromatic heterocycles. The number of nitrogens with one attached hydrogen (secondary N) is 8. The Bertz CT molecular complexity index is 2920. The van der Waals surface area contributed by atoms with Gasteiger partial charge in [-0.3, -0.25) is 71.9 Å². The van der Waals surface area contributed by atoms with Crippen LogP contribution in [0.25, 0.3) is 0 Å². The molecule has 33 heteroatoms. The van der Waals surface area contributed by atoms with Crippen LogP contribution in [0, 0.1) is 11.8 Å². The van der Waals surface area contributed by atoms with Gasteiger partial charge < -0.3 is 88.7 Å². The first-order valence-electron chi connectivity index (χ1n) is 31.6. The molecule has 3 fully saturated rings. The van der Waals surface area contributed by atoms with E-state index in [9.17, 15) is 97.1 Å². The highest BCUT2D eigenvalue weighted by atomic mass is 16.4. The fourth-order valence-electron chi connectivity index (χ4n) is 11.4. The van der Waals surface area contributed by atoms with Gasteiger partial charge in [-0.2, -0.15) is 0 Å². The van der Waals surface area contributed by atoms with Gasteiger partial charge in [0.2, 0.25) is 59.1 Å². The topological polar surface area (TPSA) is 523 Å². The number of carbonyl (C=O) groups is 16. The standard InChI is InChI=1S/C61H89N11O22/c1-4-32(2)51(70-58(90)44-13-8-28-71(44)59(91)39(20-25-48(78)79)67-55(87)41(64-45(73)22-27-50(82)83)31-35-14-16-36(62)17-15-35)60(92)72-29-9-12-43(72)57(89)66-38(19-24-47(76)77)54(86)65-37(18-23-46(74)75)53(85)63-33(3)52(84)69-42(30-34-10-6-5-7-11-34)56(88)68-40(61(93)94)21-26-49(80)81/h14-17,32-34,37-44,51H,4-13,18-31,62H2,1-3H3,(H,63,85)(H,64,73)(H,65,86)(H,66,89)(H,67,87)(H,68,88)(H,69,84)(H,70,90)(H,74,75)(H,76,77)(H,78,79)(H,80,81)(H,82,83)(H,93,94)/t32-,33-,37-,38-,39-,40+,41-,42-,43-,44-,51-/m0/s1. The number of nitrogen functional groups attached to an aromatic ring is 1. The molecule has 0 radical (unpaired) electrons. The molecule has 10 amide bonds. The Labute approximate surface area is 541 Å². The van der Waals surface area contributed by atoms with E-state index in [-0.39, 0.29) is 64.0 Å². The Kier molecular flexibility index (Phi) is 31.0. The van der Waals surface area contributed by atoms with Crippen LogP contribution in [0.15, 0.2) is 24.3 Å². The fourth-order valence-corrected chi connectivity index (χ4v) is 11.4. The number of nitrogens with zero attached hydrogens (tertiary/aromatic N) is 2. The van der Waals surface area contributed by atoms with E-state index in [1.807, 2.05) is 0 Å². The van der Waals surface area contributed by atoms with Crippen LogP contribution in [-0.4, -0.2) is 209 Å². The van der Waals surface area contributed by atoms with E-state index in [0.29, 0.717) is 24.1 Å². The van der Waals surface area contributed by atoms with Crippen molar-refractivity contribution in [3.63, 3.8) is 0 Å². The summed E-state index contributed by atoms with van der Waals surface area (Å²) in [6.07, 6.45) is -1.20. The van der Waals surface area contributed by atoms with Gasteiger partial charge in [0, 0.05) is 57.3 Å². The minimum absolute atomic E-state index is 0.00482. The summed E-state index contributed by atoms with van der Waals surface area (Å²) in [4.78, 5) is 212. The van der Waals surface area contributed by atoms with Gasteiger partial charge in [-0.1, -0.05) is 64.5 Å².